The Hall–Kier alpha value is -1.46. The Kier molecular flexibility index (Phi) is 4.73. The fraction of sp³-hybridized carbons (Fsp3) is 0.500. The maximum atomic E-state index is 8.90. The number of rotatable bonds is 4. The maximum absolute atomic E-state index is 8.90. The summed E-state index contributed by atoms with van der Waals surface area (Å²) in [4.78, 5) is 4.51. The number of likely N-dealkylation sites (tertiary alicyclic amines) is 1. The third-order valence-electron chi connectivity index (χ3n) is 3.91. The molecule has 1 aromatic rings. The summed E-state index contributed by atoms with van der Waals surface area (Å²) in [6.07, 6.45) is 2.44. The van der Waals surface area contributed by atoms with E-state index in [1.807, 2.05) is 19.2 Å². The quantitative estimate of drug-likeness (QED) is 0.386. The van der Waals surface area contributed by atoms with Crippen LogP contribution in [0.3, 0.4) is 0 Å². The lowest BCUT2D eigenvalue weighted by Crippen LogP contribution is -2.37. The minimum atomic E-state index is 0.0779. The molecule has 0 aromatic heterocycles. The van der Waals surface area contributed by atoms with Crippen LogP contribution in [0.25, 0.3) is 0 Å². The van der Waals surface area contributed by atoms with Gasteiger partial charge in [0.25, 0.3) is 0 Å². The van der Waals surface area contributed by atoms with E-state index in [0.29, 0.717) is 16.6 Å². The van der Waals surface area contributed by atoms with Gasteiger partial charge in [-0.05, 0) is 44.6 Å². The summed E-state index contributed by atoms with van der Waals surface area (Å²) in [5, 5.41) is 12.6. The molecule has 1 aliphatic heterocycles. The Bertz CT molecular complexity index is 506. The standard InChI is InChI=1S/C14H21ClN4O/c1-18-7-3-4-11(18)9-19(2)13-6-5-10(15)8-12(13)14(16)17-20/h5-6,8,11,20H,3-4,7,9H2,1-2H3,(H2,16,17). The fourth-order valence-electron chi connectivity index (χ4n) is 2.72. The Balaban J connectivity index is 2.22. The van der Waals surface area contributed by atoms with Gasteiger partial charge in [-0.15, -0.1) is 0 Å². The molecular formula is C14H21ClN4O. The number of hydrogen-bond acceptors (Lipinski definition) is 4. The topological polar surface area (TPSA) is 65.1 Å². The van der Waals surface area contributed by atoms with E-state index < -0.39 is 0 Å². The van der Waals surface area contributed by atoms with Gasteiger partial charge in [-0.1, -0.05) is 16.8 Å². The van der Waals surface area contributed by atoms with Crippen LogP contribution in [0.5, 0.6) is 0 Å². The number of hydrogen-bond donors (Lipinski definition) is 2. The van der Waals surface area contributed by atoms with Crippen LogP contribution in [0.4, 0.5) is 5.69 Å². The van der Waals surface area contributed by atoms with Gasteiger partial charge < -0.3 is 20.7 Å². The highest BCUT2D eigenvalue weighted by atomic mass is 35.5. The van der Waals surface area contributed by atoms with E-state index in [-0.39, 0.29) is 5.84 Å². The summed E-state index contributed by atoms with van der Waals surface area (Å²) in [7, 11) is 4.17. The largest absolute Gasteiger partial charge is 0.409 e. The highest BCUT2D eigenvalue weighted by molar-refractivity contribution is 6.31. The van der Waals surface area contributed by atoms with E-state index in [0.717, 1.165) is 18.8 Å². The summed E-state index contributed by atoms with van der Waals surface area (Å²) < 4.78 is 0. The predicted molar refractivity (Wildman–Crippen MR) is 82.9 cm³/mol. The van der Waals surface area contributed by atoms with Crippen LogP contribution < -0.4 is 10.6 Å². The molecule has 5 nitrogen and oxygen atoms in total. The molecule has 0 radical (unpaired) electrons. The monoisotopic (exact) mass is 296 g/mol. The SMILES string of the molecule is CN(CC1CCCN1C)c1ccc(Cl)cc1C(N)=NO. The first-order chi connectivity index (χ1) is 9.52. The summed E-state index contributed by atoms with van der Waals surface area (Å²) in [6.45, 7) is 2.05. The van der Waals surface area contributed by atoms with Crippen molar-refractivity contribution in [2.75, 3.05) is 32.1 Å². The number of amidine groups is 1. The van der Waals surface area contributed by atoms with Crippen molar-refractivity contribution >= 4 is 23.1 Å². The zero-order chi connectivity index (χ0) is 14.7. The molecule has 6 heteroatoms. The minimum Gasteiger partial charge on any atom is -0.409 e. The summed E-state index contributed by atoms with van der Waals surface area (Å²) in [6, 6.07) is 5.99. The van der Waals surface area contributed by atoms with E-state index >= 15 is 0 Å². The number of nitrogens with zero attached hydrogens (tertiary/aromatic N) is 3. The van der Waals surface area contributed by atoms with Crippen molar-refractivity contribution in [2.45, 2.75) is 18.9 Å². The van der Waals surface area contributed by atoms with E-state index in [9.17, 15) is 0 Å². The average Bonchev–Trinajstić information content (AvgIpc) is 2.83. The number of oxime groups is 1. The van der Waals surface area contributed by atoms with Crippen LogP contribution in [0.2, 0.25) is 5.02 Å². The molecular weight excluding hydrogens is 276 g/mol. The van der Waals surface area contributed by atoms with Gasteiger partial charge in [0.1, 0.15) is 0 Å². The third kappa shape index (κ3) is 3.16. The first kappa shape index (κ1) is 14.9. The molecule has 1 atom stereocenters. The van der Waals surface area contributed by atoms with Gasteiger partial charge >= 0.3 is 0 Å². The van der Waals surface area contributed by atoms with Crippen molar-refractivity contribution < 1.29 is 5.21 Å². The second-order valence-corrected chi connectivity index (χ2v) is 5.74. The van der Waals surface area contributed by atoms with E-state index in [1.54, 1.807) is 6.07 Å². The second kappa shape index (κ2) is 6.33. The first-order valence-electron chi connectivity index (χ1n) is 6.71. The fourth-order valence-corrected chi connectivity index (χ4v) is 2.90. The van der Waals surface area contributed by atoms with Crippen LogP contribution in [-0.4, -0.2) is 49.2 Å². The summed E-state index contributed by atoms with van der Waals surface area (Å²) in [5.41, 5.74) is 7.32. The molecule has 110 valence electrons. The van der Waals surface area contributed by atoms with Gasteiger partial charge in [0.15, 0.2) is 5.84 Å². The molecule has 1 aromatic carbocycles. The molecule has 20 heavy (non-hydrogen) atoms. The minimum absolute atomic E-state index is 0.0779. The van der Waals surface area contributed by atoms with E-state index in [4.69, 9.17) is 22.5 Å². The normalized spacial score (nSPS) is 20.4. The van der Waals surface area contributed by atoms with Crippen LogP contribution in [-0.2, 0) is 0 Å². The second-order valence-electron chi connectivity index (χ2n) is 5.30. The predicted octanol–water partition coefficient (Wildman–Crippen LogP) is 1.96. The molecule has 1 fully saturated rings. The van der Waals surface area contributed by atoms with Crippen molar-refractivity contribution in [1.29, 1.82) is 0 Å². The van der Waals surface area contributed by atoms with E-state index in [1.165, 1.54) is 12.8 Å². The van der Waals surface area contributed by atoms with E-state index in [2.05, 4.69) is 22.0 Å². The number of benzene rings is 1. The van der Waals surface area contributed by atoms with Crippen LogP contribution in [0.1, 0.15) is 18.4 Å². The Morgan fingerprint density at radius 2 is 2.35 bits per heavy atom. The first-order valence-corrected chi connectivity index (χ1v) is 7.09. The number of anilines is 1. The highest BCUT2D eigenvalue weighted by Gasteiger charge is 2.23. The van der Waals surface area contributed by atoms with Gasteiger partial charge in [0, 0.05) is 35.9 Å². The lowest BCUT2D eigenvalue weighted by atomic mass is 10.1. The molecule has 1 heterocycles. The van der Waals surface area contributed by atoms with Gasteiger partial charge in [-0.2, -0.15) is 0 Å². The van der Waals surface area contributed by atoms with Crippen molar-refractivity contribution in [1.82, 2.24) is 4.90 Å². The average molecular weight is 297 g/mol. The zero-order valence-corrected chi connectivity index (χ0v) is 12.6. The maximum Gasteiger partial charge on any atom is 0.172 e. The van der Waals surface area contributed by atoms with Crippen LogP contribution >= 0.6 is 11.6 Å². The van der Waals surface area contributed by atoms with Crippen LogP contribution in [0, 0.1) is 0 Å². The summed E-state index contributed by atoms with van der Waals surface area (Å²) >= 11 is 6.00. The smallest absolute Gasteiger partial charge is 0.172 e. The molecule has 0 amide bonds. The summed E-state index contributed by atoms with van der Waals surface area (Å²) in [5.74, 6) is 0.0779. The molecule has 0 bridgehead atoms. The Morgan fingerprint density at radius 3 is 2.95 bits per heavy atom. The molecule has 1 unspecified atom stereocenters. The van der Waals surface area contributed by atoms with Crippen molar-refractivity contribution in [3.63, 3.8) is 0 Å². The molecule has 2 rings (SSSR count). The number of nitrogens with two attached hydrogens (primary N) is 1. The van der Waals surface area contributed by atoms with Gasteiger partial charge in [-0.25, -0.2) is 0 Å². The Labute approximate surface area is 124 Å². The molecule has 0 aliphatic carbocycles. The van der Waals surface area contributed by atoms with Crippen molar-refractivity contribution in [3.05, 3.63) is 28.8 Å². The van der Waals surface area contributed by atoms with Crippen molar-refractivity contribution in [2.24, 2.45) is 10.9 Å². The zero-order valence-electron chi connectivity index (χ0n) is 11.9. The highest BCUT2D eigenvalue weighted by Crippen LogP contribution is 2.25. The molecule has 3 N–H and O–H groups in total. The van der Waals surface area contributed by atoms with Gasteiger partial charge in [-0.3, -0.25) is 0 Å². The van der Waals surface area contributed by atoms with Crippen LogP contribution in [0.15, 0.2) is 23.4 Å². The number of halogens is 1. The third-order valence-corrected chi connectivity index (χ3v) is 4.14. The number of likely N-dealkylation sites (N-methyl/N-ethyl adjacent to an activating group) is 2. The van der Waals surface area contributed by atoms with Gasteiger partial charge in [0.2, 0.25) is 0 Å². The molecule has 0 saturated carbocycles. The molecule has 1 saturated heterocycles. The lowest BCUT2D eigenvalue weighted by molar-refractivity contribution is 0.314. The van der Waals surface area contributed by atoms with Crippen molar-refractivity contribution in [3.8, 4) is 0 Å². The molecule has 0 spiro atoms. The lowest BCUT2D eigenvalue weighted by Gasteiger charge is -2.28. The Morgan fingerprint density at radius 1 is 1.60 bits per heavy atom. The van der Waals surface area contributed by atoms with Gasteiger partial charge in [0.05, 0.1) is 0 Å². The molecule has 1 aliphatic rings.